The second-order valence-electron chi connectivity index (χ2n) is 16.1. The molecule has 0 aliphatic carbocycles. The fourth-order valence-electron chi connectivity index (χ4n) is 9.40. The predicted molar refractivity (Wildman–Crippen MR) is 260 cm³/mol. The predicted octanol–water partition coefficient (Wildman–Crippen LogP) is 14.3. The van der Waals surface area contributed by atoms with E-state index >= 15 is 0 Å². The van der Waals surface area contributed by atoms with Gasteiger partial charge in [-0.1, -0.05) is 146 Å². The molecular formula is C58H40N4. The Morgan fingerprint density at radius 3 is 1.52 bits per heavy atom. The largest absolute Gasteiger partial charge is 0.365 e. The molecule has 4 nitrogen and oxygen atoms in total. The first kappa shape index (κ1) is 35.7. The smallest absolute Gasteiger partial charge is 0.133 e. The van der Waals surface area contributed by atoms with E-state index in [4.69, 9.17) is 4.99 Å². The van der Waals surface area contributed by atoms with Gasteiger partial charge >= 0.3 is 0 Å². The molecular weight excluding hydrogens is 753 g/mol. The molecule has 292 valence electrons. The summed E-state index contributed by atoms with van der Waals surface area (Å²) in [4.78, 5) is 5.06. The van der Waals surface area contributed by atoms with E-state index in [1.54, 1.807) is 0 Å². The molecule has 0 atom stereocenters. The first-order valence-corrected chi connectivity index (χ1v) is 21.2. The molecule has 1 aliphatic rings. The van der Waals surface area contributed by atoms with Gasteiger partial charge in [0, 0.05) is 51.2 Å². The summed E-state index contributed by atoms with van der Waals surface area (Å²) in [5, 5.41) is 8.64. The van der Waals surface area contributed by atoms with Crippen molar-refractivity contribution in [2.75, 3.05) is 6.54 Å². The van der Waals surface area contributed by atoms with Crippen LogP contribution in [-0.4, -0.2) is 21.5 Å². The Kier molecular flexibility index (Phi) is 8.53. The standard InChI is InChI=1S/C58H40N4/c1-4-15-39(16-5-1)44-31-45(40-17-6-2-7-18-40)33-46(32-44)47-37-59-58(60-38-47)43-19-14-22-49(34-43)62-54-25-12-10-23-50(54)52-29-27-42(36-57(52)62)41-28-30-56-53(35-41)51-24-11-13-26-55(51)61(56)48-20-8-3-9-21-48/h1-37H,38H2,(H,59,60). The lowest BCUT2D eigenvalue weighted by Gasteiger charge is -2.19. The molecule has 1 N–H and O–H groups in total. The minimum Gasteiger partial charge on any atom is -0.365 e. The van der Waals surface area contributed by atoms with Crippen molar-refractivity contribution in [1.82, 2.24) is 14.5 Å². The quantitative estimate of drug-likeness (QED) is 0.171. The average molecular weight is 793 g/mol. The molecule has 0 bridgehead atoms. The molecule has 0 spiro atoms. The monoisotopic (exact) mass is 792 g/mol. The third-order valence-corrected chi connectivity index (χ3v) is 12.4. The second kappa shape index (κ2) is 14.8. The lowest BCUT2D eigenvalue weighted by molar-refractivity contribution is 1.03. The van der Waals surface area contributed by atoms with Crippen molar-refractivity contribution >= 4 is 55.0 Å². The van der Waals surface area contributed by atoms with Crippen LogP contribution >= 0.6 is 0 Å². The molecule has 12 rings (SSSR count). The van der Waals surface area contributed by atoms with E-state index in [1.165, 1.54) is 77.0 Å². The van der Waals surface area contributed by atoms with Crippen LogP contribution in [0, 0.1) is 0 Å². The van der Waals surface area contributed by atoms with E-state index < -0.39 is 0 Å². The molecule has 62 heavy (non-hydrogen) atoms. The number of rotatable bonds is 7. The molecule has 0 radical (unpaired) electrons. The molecule has 9 aromatic carbocycles. The maximum absolute atomic E-state index is 5.06. The average Bonchev–Trinajstić information content (AvgIpc) is 3.87. The highest BCUT2D eigenvalue weighted by Gasteiger charge is 2.18. The number of hydrogen-bond donors (Lipinski definition) is 1. The second-order valence-corrected chi connectivity index (χ2v) is 16.1. The zero-order valence-electron chi connectivity index (χ0n) is 33.9. The Labute approximate surface area is 360 Å². The molecule has 0 unspecified atom stereocenters. The van der Waals surface area contributed by atoms with Gasteiger partial charge in [-0.05, 0) is 117 Å². The maximum atomic E-state index is 5.06. The number of amidine groups is 1. The summed E-state index contributed by atoms with van der Waals surface area (Å²) < 4.78 is 4.78. The van der Waals surface area contributed by atoms with Gasteiger partial charge in [0.1, 0.15) is 5.84 Å². The van der Waals surface area contributed by atoms with E-state index in [9.17, 15) is 0 Å². The Balaban J connectivity index is 0.933. The zero-order valence-corrected chi connectivity index (χ0v) is 33.9. The fourth-order valence-corrected chi connectivity index (χ4v) is 9.40. The van der Waals surface area contributed by atoms with Crippen molar-refractivity contribution in [3.05, 3.63) is 236 Å². The number of aliphatic imine (C=N–C) groups is 1. The molecule has 0 amide bonds. The van der Waals surface area contributed by atoms with Crippen LogP contribution in [0.5, 0.6) is 0 Å². The zero-order chi connectivity index (χ0) is 41.0. The number of benzene rings is 9. The van der Waals surface area contributed by atoms with E-state index in [0.29, 0.717) is 6.54 Å². The molecule has 4 heteroatoms. The van der Waals surface area contributed by atoms with Crippen LogP contribution in [0.2, 0.25) is 0 Å². The van der Waals surface area contributed by atoms with Gasteiger partial charge < -0.3 is 14.5 Å². The van der Waals surface area contributed by atoms with Crippen LogP contribution < -0.4 is 5.32 Å². The van der Waals surface area contributed by atoms with E-state index in [1.807, 2.05) is 6.20 Å². The molecule has 2 aromatic heterocycles. The maximum Gasteiger partial charge on any atom is 0.133 e. The van der Waals surface area contributed by atoms with Gasteiger partial charge in [-0.15, -0.1) is 0 Å². The lowest BCUT2D eigenvalue weighted by atomic mass is 9.93. The van der Waals surface area contributed by atoms with Crippen LogP contribution in [-0.2, 0) is 0 Å². The van der Waals surface area contributed by atoms with Gasteiger partial charge in [-0.2, -0.15) is 0 Å². The highest BCUT2D eigenvalue weighted by atomic mass is 15.0. The summed E-state index contributed by atoms with van der Waals surface area (Å²) in [5.74, 6) is 0.863. The Morgan fingerprint density at radius 2 is 0.839 bits per heavy atom. The van der Waals surface area contributed by atoms with E-state index in [0.717, 1.165) is 33.9 Å². The van der Waals surface area contributed by atoms with Gasteiger partial charge in [0.2, 0.25) is 0 Å². The number of nitrogens with zero attached hydrogens (tertiary/aromatic N) is 3. The van der Waals surface area contributed by atoms with Crippen LogP contribution in [0.15, 0.2) is 230 Å². The third-order valence-electron chi connectivity index (χ3n) is 12.4. The number of hydrogen-bond acceptors (Lipinski definition) is 2. The summed E-state index contributed by atoms with van der Waals surface area (Å²) >= 11 is 0. The summed E-state index contributed by atoms with van der Waals surface area (Å²) in [7, 11) is 0. The minimum atomic E-state index is 0.669. The highest BCUT2D eigenvalue weighted by molar-refractivity contribution is 6.12. The molecule has 11 aromatic rings. The van der Waals surface area contributed by atoms with Crippen LogP contribution in [0.4, 0.5) is 0 Å². The van der Waals surface area contributed by atoms with Gasteiger partial charge in [0.05, 0.1) is 22.1 Å². The Bertz CT molecular complexity index is 3500. The summed E-state index contributed by atoms with van der Waals surface area (Å²) in [6.07, 6.45) is 2.04. The van der Waals surface area contributed by atoms with Crippen molar-refractivity contribution in [3.8, 4) is 44.8 Å². The molecule has 1 aliphatic heterocycles. The van der Waals surface area contributed by atoms with Gasteiger partial charge in [-0.25, -0.2) is 4.99 Å². The van der Waals surface area contributed by atoms with Crippen molar-refractivity contribution in [3.63, 3.8) is 0 Å². The van der Waals surface area contributed by atoms with Gasteiger partial charge in [0.25, 0.3) is 0 Å². The van der Waals surface area contributed by atoms with Crippen molar-refractivity contribution in [2.45, 2.75) is 0 Å². The molecule has 0 saturated carbocycles. The Morgan fingerprint density at radius 1 is 0.323 bits per heavy atom. The van der Waals surface area contributed by atoms with Crippen LogP contribution in [0.3, 0.4) is 0 Å². The minimum absolute atomic E-state index is 0.669. The van der Waals surface area contributed by atoms with Crippen molar-refractivity contribution in [2.24, 2.45) is 4.99 Å². The van der Waals surface area contributed by atoms with Gasteiger partial charge in [0.15, 0.2) is 0 Å². The molecule has 3 heterocycles. The fraction of sp³-hybridized carbons (Fsp3) is 0.0172. The van der Waals surface area contributed by atoms with Gasteiger partial charge in [-0.3, -0.25) is 0 Å². The summed E-state index contributed by atoms with van der Waals surface area (Å²) in [6, 6.07) is 78.8. The number of fused-ring (bicyclic) bond motifs is 6. The highest BCUT2D eigenvalue weighted by Crippen LogP contribution is 2.39. The third kappa shape index (κ3) is 6.12. The first-order chi connectivity index (χ1) is 30.7. The van der Waals surface area contributed by atoms with E-state index in [2.05, 4.69) is 233 Å². The summed E-state index contributed by atoms with van der Waals surface area (Å²) in [5.41, 5.74) is 17.5. The normalized spacial score (nSPS) is 12.8. The Hall–Kier alpha value is -8.21. The molecule has 0 fully saturated rings. The van der Waals surface area contributed by atoms with E-state index in [-0.39, 0.29) is 0 Å². The number of para-hydroxylation sites is 3. The van der Waals surface area contributed by atoms with Crippen LogP contribution in [0.1, 0.15) is 11.1 Å². The van der Waals surface area contributed by atoms with Crippen molar-refractivity contribution in [1.29, 1.82) is 0 Å². The topological polar surface area (TPSA) is 34.2 Å². The number of aromatic nitrogens is 2. The summed E-state index contributed by atoms with van der Waals surface area (Å²) in [6.45, 7) is 0.669. The number of nitrogens with one attached hydrogen (secondary N) is 1. The van der Waals surface area contributed by atoms with Crippen LogP contribution in [0.25, 0.3) is 93.9 Å². The SMILES string of the molecule is C1=C(c2cc(-c3ccccc3)cc(-c3ccccc3)c2)CNC(c2cccc(-n3c4ccccc4c4ccc(-c5ccc6c(c5)c5ccccc5n6-c5ccccc5)cc43)c2)=N1. The lowest BCUT2D eigenvalue weighted by Crippen LogP contribution is -2.28. The molecule has 0 saturated heterocycles. The first-order valence-electron chi connectivity index (χ1n) is 21.2. The van der Waals surface area contributed by atoms with Crippen molar-refractivity contribution < 1.29 is 0 Å².